The molecule has 8 heteroatoms. The summed E-state index contributed by atoms with van der Waals surface area (Å²) in [5.74, 6) is -0.0344. The number of aromatic amines is 1. The van der Waals surface area contributed by atoms with Gasteiger partial charge in [-0.1, -0.05) is 11.6 Å². The first kappa shape index (κ1) is 15.8. The molecule has 116 valence electrons. The van der Waals surface area contributed by atoms with E-state index in [-0.39, 0.29) is 12.3 Å². The summed E-state index contributed by atoms with van der Waals surface area (Å²) in [6, 6.07) is 6.52. The molecule has 1 heterocycles. The Morgan fingerprint density at radius 3 is 2.59 bits per heavy atom. The summed E-state index contributed by atoms with van der Waals surface area (Å²) in [4.78, 5) is 37.1. The lowest BCUT2D eigenvalue weighted by atomic mass is 10.3. The van der Waals surface area contributed by atoms with Crippen LogP contribution >= 0.6 is 11.6 Å². The lowest BCUT2D eigenvalue weighted by molar-refractivity contribution is -0.118. The molecular weight excluding hydrogens is 310 g/mol. The molecule has 7 nitrogen and oxygen atoms in total. The van der Waals surface area contributed by atoms with Gasteiger partial charge in [0.25, 0.3) is 11.5 Å². The van der Waals surface area contributed by atoms with E-state index in [0.717, 1.165) is 0 Å². The maximum atomic E-state index is 11.9. The van der Waals surface area contributed by atoms with E-state index in [4.69, 9.17) is 16.3 Å². The fraction of sp³-hybridized carbons (Fsp3) is 0.214. The number of aromatic nitrogens is 2. The Labute approximate surface area is 130 Å². The quantitative estimate of drug-likeness (QED) is 0.879. The van der Waals surface area contributed by atoms with Gasteiger partial charge in [0, 0.05) is 17.8 Å². The number of nitrogens with one attached hydrogen (secondary N) is 2. The Morgan fingerprint density at radius 1 is 1.32 bits per heavy atom. The Morgan fingerprint density at radius 2 is 1.95 bits per heavy atom. The van der Waals surface area contributed by atoms with Crippen molar-refractivity contribution in [2.45, 2.75) is 6.92 Å². The lowest BCUT2D eigenvalue weighted by Crippen LogP contribution is -2.34. The molecule has 0 atom stereocenters. The molecule has 0 radical (unpaired) electrons. The van der Waals surface area contributed by atoms with Gasteiger partial charge in [-0.2, -0.15) is 0 Å². The molecule has 1 amide bonds. The van der Waals surface area contributed by atoms with E-state index in [2.05, 4.69) is 10.3 Å². The number of benzene rings is 1. The van der Waals surface area contributed by atoms with Crippen molar-refractivity contribution in [3.05, 3.63) is 55.8 Å². The van der Waals surface area contributed by atoms with Crippen molar-refractivity contribution in [2.24, 2.45) is 7.05 Å². The van der Waals surface area contributed by atoms with E-state index in [1.54, 1.807) is 31.2 Å². The molecule has 0 saturated heterocycles. The summed E-state index contributed by atoms with van der Waals surface area (Å²) in [6.07, 6.45) is 0. The second-order valence-electron chi connectivity index (χ2n) is 4.57. The largest absolute Gasteiger partial charge is 0.484 e. The Hall–Kier alpha value is -2.54. The van der Waals surface area contributed by atoms with Crippen LogP contribution in [0.5, 0.6) is 5.75 Å². The molecule has 0 aliphatic carbocycles. The zero-order valence-corrected chi connectivity index (χ0v) is 12.7. The number of H-pyrrole nitrogens is 1. The number of amides is 1. The summed E-state index contributed by atoms with van der Waals surface area (Å²) in [7, 11) is 1.49. The first-order chi connectivity index (χ1) is 10.4. The summed E-state index contributed by atoms with van der Waals surface area (Å²) >= 11 is 5.74. The molecular formula is C14H14ClN3O4. The summed E-state index contributed by atoms with van der Waals surface area (Å²) < 4.78 is 6.51. The second-order valence-corrected chi connectivity index (χ2v) is 5.01. The topological polar surface area (TPSA) is 93.2 Å². The lowest BCUT2D eigenvalue weighted by Gasteiger charge is -2.11. The second kappa shape index (κ2) is 6.48. The molecule has 0 spiro atoms. The summed E-state index contributed by atoms with van der Waals surface area (Å²) in [5.41, 5.74) is -0.821. The molecule has 0 aliphatic heterocycles. The highest BCUT2D eigenvalue weighted by Crippen LogP contribution is 2.15. The van der Waals surface area contributed by atoms with Crippen LogP contribution in [0.4, 0.5) is 5.69 Å². The van der Waals surface area contributed by atoms with E-state index in [9.17, 15) is 14.4 Å². The third-order valence-corrected chi connectivity index (χ3v) is 3.32. The van der Waals surface area contributed by atoms with Gasteiger partial charge in [-0.05, 0) is 31.2 Å². The van der Waals surface area contributed by atoms with Crippen LogP contribution in [0.3, 0.4) is 0 Å². The van der Waals surface area contributed by atoms with Gasteiger partial charge in [0.1, 0.15) is 11.4 Å². The van der Waals surface area contributed by atoms with Crippen molar-refractivity contribution >= 4 is 23.2 Å². The fourth-order valence-corrected chi connectivity index (χ4v) is 1.86. The molecule has 0 unspecified atom stereocenters. The van der Waals surface area contributed by atoms with E-state index >= 15 is 0 Å². The SMILES string of the molecule is Cc1c(NC(=O)COc2ccc(Cl)cc2)c(=O)[nH]c(=O)n1C. The third-order valence-electron chi connectivity index (χ3n) is 3.07. The van der Waals surface area contributed by atoms with E-state index in [0.29, 0.717) is 16.5 Å². The third kappa shape index (κ3) is 3.56. The zero-order valence-electron chi connectivity index (χ0n) is 12.0. The van der Waals surface area contributed by atoms with Crippen molar-refractivity contribution in [2.75, 3.05) is 11.9 Å². The van der Waals surface area contributed by atoms with Gasteiger partial charge in [-0.3, -0.25) is 19.1 Å². The molecule has 0 bridgehead atoms. The molecule has 1 aromatic carbocycles. The summed E-state index contributed by atoms with van der Waals surface area (Å²) in [5, 5.41) is 2.99. The molecule has 1 aromatic heterocycles. The van der Waals surface area contributed by atoms with E-state index in [1.807, 2.05) is 0 Å². The highest BCUT2D eigenvalue weighted by Gasteiger charge is 2.12. The van der Waals surface area contributed by atoms with Gasteiger partial charge < -0.3 is 10.1 Å². The minimum atomic E-state index is -0.652. The Kier molecular flexibility index (Phi) is 4.67. The molecule has 0 saturated carbocycles. The predicted molar refractivity (Wildman–Crippen MR) is 82.6 cm³/mol. The Balaban J connectivity index is 2.07. The van der Waals surface area contributed by atoms with Gasteiger partial charge in [0.15, 0.2) is 6.61 Å². The number of hydrogen-bond acceptors (Lipinski definition) is 4. The van der Waals surface area contributed by atoms with Crippen LogP contribution < -0.4 is 21.3 Å². The van der Waals surface area contributed by atoms with Crippen molar-refractivity contribution in [3.8, 4) is 5.75 Å². The average molecular weight is 324 g/mol. The van der Waals surface area contributed by atoms with Crippen molar-refractivity contribution in [1.29, 1.82) is 0 Å². The highest BCUT2D eigenvalue weighted by molar-refractivity contribution is 6.30. The highest BCUT2D eigenvalue weighted by atomic mass is 35.5. The number of hydrogen-bond donors (Lipinski definition) is 2. The fourth-order valence-electron chi connectivity index (χ4n) is 1.73. The first-order valence-corrected chi connectivity index (χ1v) is 6.74. The van der Waals surface area contributed by atoms with Gasteiger partial charge in [-0.25, -0.2) is 4.79 Å². The standard InChI is InChI=1S/C14H14ClN3O4/c1-8-12(13(20)17-14(21)18(8)2)16-11(19)7-22-10-5-3-9(15)4-6-10/h3-6H,7H2,1-2H3,(H,16,19)(H,17,20,21). The zero-order chi connectivity index (χ0) is 16.3. The first-order valence-electron chi connectivity index (χ1n) is 6.36. The van der Waals surface area contributed by atoms with Crippen LogP contribution in [0.1, 0.15) is 5.69 Å². The number of nitrogens with zero attached hydrogens (tertiary/aromatic N) is 1. The van der Waals surface area contributed by atoms with Crippen LogP contribution in [0.15, 0.2) is 33.9 Å². The summed E-state index contributed by atoms with van der Waals surface area (Å²) in [6.45, 7) is 1.29. The van der Waals surface area contributed by atoms with Gasteiger partial charge >= 0.3 is 5.69 Å². The minimum Gasteiger partial charge on any atom is -0.484 e. The number of carbonyl (C=O) groups excluding carboxylic acids is 1. The number of rotatable bonds is 4. The monoisotopic (exact) mass is 323 g/mol. The molecule has 2 rings (SSSR count). The molecule has 2 N–H and O–H groups in total. The van der Waals surface area contributed by atoms with Crippen molar-refractivity contribution in [1.82, 2.24) is 9.55 Å². The predicted octanol–water partition coefficient (Wildman–Crippen LogP) is 1.05. The maximum Gasteiger partial charge on any atom is 0.328 e. The minimum absolute atomic E-state index is 0.0202. The number of anilines is 1. The van der Waals surface area contributed by atoms with Crippen LogP contribution in [-0.2, 0) is 11.8 Å². The number of ether oxygens (including phenoxy) is 1. The van der Waals surface area contributed by atoms with Gasteiger partial charge in [-0.15, -0.1) is 0 Å². The van der Waals surface area contributed by atoms with Crippen LogP contribution in [0.25, 0.3) is 0 Å². The maximum absolute atomic E-state index is 11.9. The molecule has 0 aliphatic rings. The van der Waals surface area contributed by atoms with E-state index < -0.39 is 17.2 Å². The van der Waals surface area contributed by atoms with Crippen molar-refractivity contribution < 1.29 is 9.53 Å². The van der Waals surface area contributed by atoms with Crippen LogP contribution in [0.2, 0.25) is 5.02 Å². The normalized spacial score (nSPS) is 10.3. The van der Waals surface area contributed by atoms with E-state index in [1.165, 1.54) is 11.6 Å². The van der Waals surface area contributed by atoms with Crippen LogP contribution in [-0.4, -0.2) is 22.1 Å². The average Bonchev–Trinajstić information content (AvgIpc) is 2.49. The Bertz CT molecular complexity index is 808. The molecule has 2 aromatic rings. The van der Waals surface area contributed by atoms with Gasteiger partial charge in [0.05, 0.1) is 0 Å². The number of halogens is 1. The van der Waals surface area contributed by atoms with Crippen LogP contribution in [0, 0.1) is 6.92 Å². The smallest absolute Gasteiger partial charge is 0.328 e. The molecule has 0 fully saturated rings. The number of carbonyl (C=O) groups is 1. The molecule has 22 heavy (non-hydrogen) atoms. The van der Waals surface area contributed by atoms with Crippen molar-refractivity contribution in [3.63, 3.8) is 0 Å². The van der Waals surface area contributed by atoms with Gasteiger partial charge in [0.2, 0.25) is 0 Å².